The van der Waals surface area contributed by atoms with E-state index >= 15 is 0 Å². The third kappa shape index (κ3) is 4.28. The fraction of sp³-hybridized carbons (Fsp3) is 0.269. The Morgan fingerprint density at radius 2 is 2.09 bits per heavy atom. The molecular weight excluding hydrogens is 484 g/mol. The van der Waals surface area contributed by atoms with E-state index in [-0.39, 0.29) is 18.2 Å². The number of fused-ring (bicyclic) bond motifs is 2. The number of carboxylic acid groups (broad SMARTS) is 1. The number of H-pyrrole nitrogens is 1. The van der Waals surface area contributed by atoms with Gasteiger partial charge in [-0.1, -0.05) is 35.9 Å². The van der Waals surface area contributed by atoms with Crippen molar-refractivity contribution in [2.45, 2.75) is 45.8 Å². The van der Waals surface area contributed by atoms with Gasteiger partial charge in [0.2, 0.25) is 0 Å². The van der Waals surface area contributed by atoms with Crippen molar-refractivity contribution in [3.63, 3.8) is 0 Å². The maximum atomic E-state index is 13.3. The molecule has 7 nitrogen and oxygen atoms in total. The van der Waals surface area contributed by atoms with Crippen LogP contribution in [0.15, 0.2) is 47.3 Å². The second-order valence-electron chi connectivity index (χ2n) is 9.02. The summed E-state index contributed by atoms with van der Waals surface area (Å²) >= 11 is 7.69. The zero-order valence-electron chi connectivity index (χ0n) is 19.6. The van der Waals surface area contributed by atoms with Crippen molar-refractivity contribution in [3.8, 4) is 0 Å². The summed E-state index contributed by atoms with van der Waals surface area (Å²) in [5.41, 5.74) is 4.27. The van der Waals surface area contributed by atoms with Crippen molar-refractivity contribution in [1.82, 2.24) is 13.9 Å². The summed E-state index contributed by atoms with van der Waals surface area (Å²) < 4.78 is 6.24. The molecule has 0 amide bonds. The van der Waals surface area contributed by atoms with E-state index in [2.05, 4.69) is 47.2 Å². The minimum absolute atomic E-state index is 0.0170. The van der Waals surface area contributed by atoms with Crippen molar-refractivity contribution >= 4 is 51.9 Å². The highest BCUT2D eigenvalue weighted by Crippen LogP contribution is 2.36. The molecule has 0 aliphatic carbocycles. The molecule has 2 aromatic heterocycles. The zero-order chi connectivity index (χ0) is 24.9. The number of nitrogens with zero attached hydrogens (tertiary/aromatic N) is 3. The van der Waals surface area contributed by atoms with Gasteiger partial charge in [-0.2, -0.15) is 4.37 Å². The first kappa shape index (κ1) is 23.4. The predicted octanol–water partition coefficient (Wildman–Crippen LogP) is 5.54. The number of aryl methyl sites for hydroxylation is 2. The van der Waals surface area contributed by atoms with Crippen molar-refractivity contribution in [3.05, 3.63) is 85.2 Å². The number of anilines is 1. The summed E-state index contributed by atoms with van der Waals surface area (Å²) in [6.07, 6.45) is 3.68. The second kappa shape index (κ2) is 9.02. The number of nitrogens with one attached hydrogen (secondary N) is 1. The number of rotatable bonds is 6. The summed E-state index contributed by atoms with van der Waals surface area (Å²) in [4.78, 5) is 31.3. The topological polar surface area (TPSA) is 91.2 Å². The van der Waals surface area contributed by atoms with Gasteiger partial charge < -0.3 is 15.0 Å². The van der Waals surface area contributed by atoms with Crippen LogP contribution in [0.3, 0.4) is 0 Å². The van der Waals surface area contributed by atoms with Gasteiger partial charge in [0.15, 0.2) is 0 Å². The number of aliphatic carboxylic acids is 1. The Balaban J connectivity index is 1.65. The van der Waals surface area contributed by atoms with Crippen LogP contribution in [0.4, 0.5) is 5.82 Å². The number of hydrogen-bond acceptors (Lipinski definition) is 5. The maximum Gasteiger partial charge on any atom is 0.328 e. The van der Waals surface area contributed by atoms with Crippen molar-refractivity contribution in [2.75, 3.05) is 4.90 Å². The van der Waals surface area contributed by atoms with E-state index in [9.17, 15) is 14.7 Å². The summed E-state index contributed by atoms with van der Waals surface area (Å²) in [6, 6.07) is 10.5. The Bertz CT molecular complexity index is 1530. The summed E-state index contributed by atoms with van der Waals surface area (Å²) in [5.74, 6) is -0.329. The first-order valence-electron chi connectivity index (χ1n) is 11.3. The highest BCUT2D eigenvalue weighted by Gasteiger charge is 2.31. The first-order chi connectivity index (χ1) is 16.7. The van der Waals surface area contributed by atoms with Gasteiger partial charge in [-0.05, 0) is 73.3 Å². The predicted molar refractivity (Wildman–Crippen MR) is 141 cm³/mol. The number of halogens is 1. The molecule has 35 heavy (non-hydrogen) atoms. The van der Waals surface area contributed by atoms with E-state index in [4.69, 9.17) is 11.6 Å². The number of benzene rings is 2. The smallest absolute Gasteiger partial charge is 0.328 e. The molecule has 2 aromatic carbocycles. The van der Waals surface area contributed by atoms with Gasteiger partial charge >= 0.3 is 11.7 Å². The normalized spacial score (nSPS) is 16.0. The number of carbonyl (C=O) groups is 1. The molecule has 2 atom stereocenters. The molecule has 0 radical (unpaired) electrons. The summed E-state index contributed by atoms with van der Waals surface area (Å²) in [6.45, 7) is 6.75. The van der Waals surface area contributed by atoms with Crippen LogP contribution in [0.2, 0.25) is 5.02 Å². The van der Waals surface area contributed by atoms with Crippen molar-refractivity contribution in [2.24, 2.45) is 0 Å². The molecule has 0 saturated carbocycles. The van der Waals surface area contributed by atoms with Gasteiger partial charge in [0.1, 0.15) is 5.82 Å². The monoisotopic (exact) mass is 508 g/mol. The Kier molecular flexibility index (Phi) is 6.02. The van der Waals surface area contributed by atoms with Crippen LogP contribution in [-0.4, -0.2) is 31.0 Å². The fourth-order valence-corrected chi connectivity index (χ4v) is 6.04. The van der Waals surface area contributed by atoms with Crippen molar-refractivity contribution in [1.29, 1.82) is 0 Å². The molecule has 5 rings (SSSR count). The molecule has 1 unspecified atom stereocenters. The maximum absolute atomic E-state index is 13.3. The average molecular weight is 509 g/mol. The lowest BCUT2D eigenvalue weighted by Crippen LogP contribution is -2.37. The first-order valence-corrected chi connectivity index (χ1v) is 12.5. The van der Waals surface area contributed by atoms with E-state index in [0.717, 1.165) is 15.8 Å². The Labute approximate surface area is 211 Å². The molecule has 4 aromatic rings. The van der Waals surface area contributed by atoms with Gasteiger partial charge in [0.05, 0.1) is 35.1 Å². The largest absolute Gasteiger partial charge is 0.481 e. The van der Waals surface area contributed by atoms with Crippen LogP contribution < -0.4 is 10.6 Å². The minimum atomic E-state index is -0.998. The van der Waals surface area contributed by atoms with Gasteiger partial charge in [0, 0.05) is 16.5 Å². The molecule has 2 N–H and O–H groups in total. The number of carboxylic acids is 1. The van der Waals surface area contributed by atoms with Crippen molar-refractivity contribution < 1.29 is 9.90 Å². The van der Waals surface area contributed by atoms with Crippen LogP contribution >= 0.6 is 23.1 Å². The van der Waals surface area contributed by atoms with Crippen LogP contribution in [0.5, 0.6) is 0 Å². The molecular formula is C26H25ClN4O3S. The van der Waals surface area contributed by atoms with E-state index < -0.39 is 12.0 Å². The lowest BCUT2D eigenvalue weighted by molar-refractivity contribution is -0.137. The highest BCUT2D eigenvalue weighted by molar-refractivity contribution is 7.07. The minimum Gasteiger partial charge on any atom is -0.481 e. The summed E-state index contributed by atoms with van der Waals surface area (Å²) in [7, 11) is 0. The third-order valence-corrected chi connectivity index (χ3v) is 7.53. The van der Waals surface area contributed by atoms with Crippen LogP contribution in [0.1, 0.15) is 46.6 Å². The SMILES string of the molecule is Cc1cc(C)c2c(CN3c4c([nH]c(=O)n4[C@H](CC(=O)O)c4cccc(Cl)c4)C=CC3C)snc2c1. The van der Waals surface area contributed by atoms with Gasteiger partial charge in [0.25, 0.3) is 0 Å². The number of aromatic nitrogens is 3. The highest BCUT2D eigenvalue weighted by atomic mass is 35.5. The van der Waals surface area contributed by atoms with Gasteiger partial charge in [-0.15, -0.1) is 0 Å². The fourth-order valence-electron chi connectivity index (χ4n) is 4.94. The molecule has 9 heteroatoms. The standard InChI is InChI=1S/C26H25ClN4O3S/c1-14-9-15(2)24-20(10-14)29-35-22(24)13-30-16(3)7-8-19-25(30)31(26(34)28-19)21(12-23(32)33)17-5-4-6-18(27)11-17/h4-11,16,21H,12-13H2,1-3H3,(H,28,34)(H,32,33)/t16?,21-/m1/s1. The van der Waals surface area contributed by atoms with E-state index in [1.54, 1.807) is 28.8 Å². The van der Waals surface area contributed by atoms with E-state index in [0.29, 0.717) is 28.6 Å². The Morgan fingerprint density at radius 3 is 2.83 bits per heavy atom. The number of imidazole rings is 1. The number of aromatic amines is 1. The summed E-state index contributed by atoms with van der Waals surface area (Å²) in [5, 5.41) is 11.3. The molecule has 0 spiro atoms. The van der Waals surface area contributed by atoms with Crippen LogP contribution in [0.25, 0.3) is 17.0 Å². The molecule has 3 heterocycles. The van der Waals surface area contributed by atoms with Gasteiger partial charge in [-0.25, -0.2) is 4.79 Å². The molecule has 0 bridgehead atoms. The number of hydrogen-bond donors (Lipinski definition) is 2. The Hall–Kier alpha value is -3.36. The molecule has 0 saturated heterocycles. The molecule has 180 valence electrons. The Morgan fingerprint density at radius 1 is 1.29 bits per heavy atom. The van der Waals surface area contributed by atoms with Crippen LogP contribution in [-0.2, 0) is 11.3 Å². The van der Waals surface area contributed by atoms with Gasteiger partial charge in [-0.3, -0.25) is 9.36 Å². The zero-order valence-corrected chi connectivity index (χ0v) is 21.2. The van der Waals surface area contributed by atoms with E-state index in [1.807, 2.05) is 12.2 Å². The molecule has 0 fully saturated rings. The van der Waals surface area contributed by atoms with Crippen LogP contribution in [0, 0.1) is 13.8 Å². The quantitative estimate of drug-likeness (QED) is 0.356. The lowest BCUT2D eigenvalue weighted by atomic mass is 10.0. The molecule has 1 aliphatic rings. The lowest BCUT2D eigenvalue weighted by Gasteiger charge is -2.34. The second-order valence-corrected chi connectivity index (χ2v) is 10.3. The molecule has 1 aliphatic heterocycles. The van der Waals surface area contributed by atoms with E-state index in [1.165, 1.54) is 22.7 Å². The third-order valence-electron chi connectivity index (χ3n) is 6.45. The average Bonchev–Trinajstić information content (AvgIpc) is 3.34.